The van der Waals surface area contributed by atoms with Gasteiger partial charge in [-0.1, -0.05) is 12.1 Å². The Hall–Kier alpha value is -2.78. The number of hydrogen-bond acceptors (Lipinski definition) is 4. The van der Waals surface area contributed by atoms with E-state index in [2.05, 4.69) is 15.4 Å². The fourth-order valence-electron chi connectivity index (χ4n) is 3.42. The summed E-state index contributed by atoms with van der Waals surface area (Å²) in [5.41, 5.74) is 1.59. The van der Waals surface area contributed by atoms with Gasteiger partial charge >= 0.3 is 12.3 Å². The van der Waals surface area contributed by atoms with E-state index >= 15 is 0 Å². The van der Waals surface area contributed by atoms with E-state index in [9.17, 15) is 27.6 Å². The molecule has 1 saturated carbocycles. The van der Waals surface area contributed by atoms with Crippen molar-refractivity contribution in [1.82, 2.24) is 10.2 Å². The highest BCUT2D eigenvalue weighted by Crippen LogP contribution is 2.30. The van der Waals surface area contributed by atoms with Crippen molar-refractivity contribution in [2.45, 2.75) is 44.8 Å². The lowest BCUT2D eigenvalue weighted by Gasteiger charge is -2.31. The minimum atomic E-state index is -4.56. The number of nitrogens with zero attached hydrogens (tertiary/aromatic N) is 1. The molecular weight excluding hydrogens is 415 g/mol. The zero-order chi connectivity index (χ0) is 22.6. The molecule has 1 aromatic rings. The molecule has 3 rings (SSSR count). The summed E-state index contributed by atoms with van der Waals surface area (Å²) in [6, 6.07) is 7.02. The van der Waals surface area contributed by atoms with Crippen molar-refractivity contribution in [3.63, 3.8) is 0 Å². The first-order valence-corrected chi connectivity index (χ1v) is 10.3. The normalized spacial score (nSPS) is 18.3. The van der Waals surface area contributed by atoms with E-state index in [0.717, 1.165) is 18.4 Å². The summed E-state index contributed by atoms with van der Waals surface area (Å²) in [5.74, 6) is -0.341. The van der Waals surface area contributed by atoms with E-state index < -0.39 is 18.9 Å². The summed E-state index contributed by atoms with van der Waals surface area (Å²) < 4.78 is 40.7. The topological polar surface area (TPSA) is 87.7 Å². The first-order valence-electron chi connectivity index (χ1n) is 10.3. The highest BCUT2D eigenvalue weighted by molar-refractivity contribution is 5.94. The molecule has 1 unspecified atom stereocenters. The summed E-state index contributed by atoms with van der Waals surface area (Å²) in [4.78, 5) is 37.3. The number of carbonyl (C=O) groups is 3. The molecule has 170 valence electrons. The highest BCUT2D eigenvalue weighted by Gasteiger charge is 2.33. The number of rotatable bonds is 6. The maximum Gasteiger partial charge on any atom is 0.422 e. The lowest BCUT2D eigenvalue weighted by molar-refractivity contribution is -0.162. The Kier molecular flexibility index (Phi) is 7.07. The van der Waals surface area contributed by atoms with E-state index in [-0.39, 0.29) is 42.8 Å². The SMILES string of the molecule is CC(NC(=O)C1CCN(C(=O)OCC(F)(F)F)CC1)c1ccc(NC(=O)C2CC2)cc1. The molecule has 2 N–H and O–H groups in total. The molecule has 1 heterocycles. The Morgan fingerprint density at radius 3 is 2.16 bits per heavy atom. The Morgan fingerprint density at radius 2 is 1.61 bits per heavy atom. The van der Waals surface area contributed by atoms with E-state index in [0.29, 0.717) is 18.5 Å². The monoisotopic (exact) mass is 441 g/mol. The van der Waals surface area contributed by atoms with Crippen LogP contribution in [-0.4, -0.2) is 48.7 Å². The number of carbonyl (C=O) groups excluding carboxylic acids is 3. The lowest BCUT2D eigenvalue weighted by atomic mass is 9.95. The van der Waals surface area contributed by atoms with Gasteiger partial charge in [0.2, 0.25) is 11.8 Å². The molecule has 10 heteroatoms. The van der Waals surface area contributed by atoms with Gasteiger partial charge < -0.3 is 20.3 Å². The number of benzene rings is 1. The second-order valence-corrected chi connectivity index (χ2v) is 8.05. The first kappa shape index (κ1) is 22.9. The van der Waals surface area contributed by atoms with Crippen LogP contribution in [0.15, 0.2) is 24.3 Å². The molecule has 1 saturated heterocycles. The maximum atomic E-state index is 12.6. The van der Waals surface area contributed by atoms with Gasteiger partial charge in [-0.3, -0.25) is 9.59 Å². The smallest absolute Gasteiger partial charge is 0.422 e. The molecule has 1 atom stereocenters. The first-order chi connectivity index (χ1) is 14.6. The van der Waals surface area contributed by atoms with Gasteiger partial charge in [0.25, 0.3) is 0 Å². The predicted molar refractivity (Wildman–Crippen MR) is 106 cm³/mol. The number of ether oxygens (including phenoxy) is 1. The molecule has 7 nitrogen and oxygen atoms in total. The Balaban J connectivity index is 1.42. The molecule has 0 aromatic heterocycles. The third kappa shape index (κ3) is 6.86. The summed E-state index contributed by atoms with van der Waals surface area (Å²) in [5, 5.41) is 5.80. The van der Waals surface area contributed by atoms with Gasteiger partial charge in [0.15, 0.2) is 6.61 Å². The zero-order valence-corrected chi connectivity index (χ0v) is 17.2. The molecule has 31 heavy (non-hydrogen) atoms. The second kappa shape index (κ2) is 9.57. The molecule has 2 aliphatic rings. The molecule has 0 spiro atoms. The molecule has 1 aliphatic carbocycles. The maximum absolute atomic E-state index is 12.6. The van der Waals surface area contributed by atoms with Crippen LogP contribution in [-0.2, 0) is 14.3 Å². The Bertz CT molecular complexity index is 801. The van der Waals surface area contributed by atoms with Crippen LogP contribution < -0.4 is 10.6 Å². The quantitative estimate of drug-likeness (QED) is 0.706. The summed E-state index contributed by atoms with van der Waals surface area (Å²) >= 11 is 0. The lowest BCUT2D eigenvalue weighted by Crippen LogP contribution is -2.44. The molecule has 1 aliphatic heterocycles. The fraction of sp³-hybridized carbons (Fsp3) is 0.571. The van der Waals surface area contributed by atoms with Gasteiger partial charge in [-0.2, -0.15) is 13.2 Å². The number of piperidine rings is 1. The molecular formula is C21H26F3N3O4. The molecule has 2 fully saturated rings. The number of hydrogen-bond donors (Lipinski definition) is 2. The number of nitrogens with one attached hydrogen (secondary N) is 2. The summed E-state index contributed by atoms with van der Waals surface area (Å²) in [6.07, 6.45) is -3.01. The van der Waals surface area contributed by atoms with Gasteiger partial charge in [-0.25, -0.2) is 4.79 Å². The van der Waals surface area contributed by atoms with Gasteiger partial charge in [-0.05, 0) is 50.3 Å². The van der Waals surface area contributed by atoms with Crippen molar-refractivity contribution in [2.24, 2.45) is 11.8 Å². The van der Waals surface area contributed by atoms with Crippen molar-refractivity contribution in [3.05, 3.63) is 29.8 Å². The second-order valence-electron chi connectivity index (χ2n) is 8.05. The zero-order valence-electron chi connectivity index (χ0n) is 17.2. The van der Waals surface area contributed by atoms with Crippen LogP contribution in [0.2, 0.25) is 0 Å². The van der Waals surface area contributed by atoms with Crippen LogP contribution in [0.3, 0.4) is 0 Å². The Labute approximate surface area is 178 Å². The number of amides is 3. The molecule has 0 bridgehead atoms. The van der Waals surface area contributed by atoms with E-state index in [1.807, 2.05) is 19.1 Å². The van der Waals surface area contributed by atoms with Gasteiger partial charge in [-0.15, -0.1) is 0 Å². The number of halogens is 3. The number of alkyl halides is 3. The Morgan fingerprint density at radius 1 is 1.03 bits per heavy atom. The average Bonchev–Trinajstić information content (AvgIpc) is 3.57. The third-order valence-electron chi connectivity index (χ3n) is 5.47. The van der Waals surface area contributed by atoms with E-state index in [1.54, 1.807) is 12.1 Å². The average molecular weight is 441 g/mol. The number of anilines is 1. The van der Waals surface area contributed by atoms with Gasteiger partial charge in [0.05, 0.1) is 6.04 Å². The highest BCUT2D eigenvalue weighted by atomic mass is 19.4. The molecule has 3 amide bonds. The van der Waals surface area contributed by atoms with Crippen molar-refractivity contribution in [2.75, 3.05) is 25.0 Å². The fourth-order valence-corrected chi connectivity index (χ4v) is 3.42. The van der Waals surface area contributed by atoms with E-state index in [4.69, 9.17) is 0 Å². The summed E-state index contributed by atoms with van der Waals surface area (Å²) in [7, 11) is 0. The predicted octanol–water partition coefficient (Wildman–Crippen LogP) is 3.62. The van der Waals surface area contributed by atoms with Crippen LogP contribution in [0, 0.1) is 11.8 Å². The van der Waals surface area contributed by atoms with Crippen molar-refractivity contribution >= 4 is 23.6 Å². The van der Waals surface area contributed by atoms with Crippen LogP contribution >= 0.6 is 0 Å². The van der Waals surface area contributed by atoms with Crippen molar-refractivity contribution in [1.29, 1.82) is 0 Å². The van der Waals surface area contributed by atoms with Crippen LogP contribution in [0.1, 0.15) is 44.2 Å². The van der Waals surface area contributed by atoms with Crippen molar-refractivity contribution < 1.29 is 32.3 Å². The molecule has 0 radical (unpaired) electrons. The van der Waals surface area contributed by atoms with Crippen LogP contribution in [0.5, 0.6) is 0 Å². The van der Waals surface area contributed by atoms with Gasteiger partial charge in [0, 0.05) is 30.6 Å². The standard InChI is InChI=1S/C21H26F3N3O4/c1-13(14-4-6-17(7-5-14)26-19(29)15-2-3-15)25-18(28)16-8-10-27(11-9-16)20(30)31-12-21(22,23)24/h4-7,13,15-16H,2-3,8-12H2,1H3,(H,25,28)(H,26,29). The largest absolute Gasteiger partial charge is 0.440 e. The minimum Gasteiger partial charge on any atom is -0.440 e. The minimum absolute atomic E-state index is 0.0303. The van der Waals surface area contributed by atoms with E-state index in [1.165, 1.54) is 4.90 Å². The van der Waals surface area contributed by atoms with Crippen molar-refractivity contribution in [3.8, 4) is 0 Å². The third-order valence-corrected chi connectivity index (χ3v) is 5.47. The molecule has 1 aromatic carbocycles. The van der Waals surface area contributed by atoms with Gasteiger partial charge in [0.1, 0.15) is 0 Å². The van der Waals surface area contributed by atoms with Crippen LogP contribution in [0.4, 0.5) is 23.7 Å². The van der Waals surface area contributed by atoms with Crippen LogP contribution in [0.25, 0.3) is 0 Å². The summed E-state index contributed by atoms with van der Waals surface area (Å²) in [6.45, 7) is 0.559. The number of likely N-dealkylation sites (tertiary alicyclic amines) is 1.